The van der Waals surface area contributed by atoms with Gasteiger partial charge in [0.2, 0.25) is 5.58 Å². The summed E-state index contributed by atoms with van der Waals surface area (Å²) in [5, 5.41) is 0.528. The van der Waals surface area contributed by atoms with Gasteiger partial charge in [0.05, 0.1) is 59.5 Å². The van der Waals surface area contributed by atoms with Crippen LogP contribution in [0, 0.1) is 0 Å². The fourth-order valence-electron chi connectivity index (χ4n) is 6.26. The first-order valence-electron chi connectivity index (χ1n) is 15.8. The number of anilines is 2. The average molecular weight is 764 g/mol. The molecule has 0 saturated carbocycles. The molecule has 11 nitrogen and oxygen atoms in total. The van der Waals surface area contributed by atoms with E-state index in [0.717, 1.165) is 22.7 Å². The van der Waals surface area contributed by atoms with Crippen molar-refractivity contribution in [3.8, 4) is 5.69 Å². The van der Waals surface area contributed by atoms with E-state index in [1.165, 1.54) is 11.0 Å². The number of aryl methyl sites for hydroxylation is 1. The van der Waals surface area contributed by atoms with Crippen molar-refractivity contribution in [2.75, 3.05) is 34.4 Å². The Labute approximate surface area is 296 Å². The van der Waals surface area contributed by atoms with E-state index in [2.05, 4.69) is 0 Å². The van der Waals surface area contributed by atoms with Gasteiger partial charge in [-0.15, -0.1) is 0 Å². The molecule has 0 unspecified atom stereocenters. The van der Waals surface area contributed by atoms with Crippen LogP contribution in [0.15, 0.2) is 89.3 Å². The Morgan fingerprint density at radius 3 is 2.33 bits per heavy atom. The Morgan fingerprint density at radius 1 is 0.922 bits per heavy atom. The van der Waals surface area contributed by atoms with Crippen molar-refractivity contribution in [1.29, 1.82) is 0 Å². The van der Waals surface area contributed by atoms with Crippen molar-refractivity contribution in [2.24, 2.45) is 0 Å². The van der Waals surface area contributed by atoms with Crippen molar-refractivity contribution in [3.63, 3.8) is 0 Å². The molecule has 1 aliphatic rings. The van der Waals surface area contributed by atoms with Crippen LogP contribution >= 0.6 is 11.6 Å². The van der Waals surface area contributed by atoms with Crippen LogP contribution in [-0.2, 0) is 33.0 Å². The third-order valence-corrected chi connectivity index (χ3v) is 10.3. The topological polar surface area (TPSA) is 143 Å². The van der Waals surface area contributed by atoms with Gasteiger partial charge >= 0.3 is 12.1 Å². The lowest BCUT2D eigenvalue weighted by atomic mass is 10.1. The zero-order valence-electron chi connectivity index (χ0n) is 27.0. The van der Waals surface area contributed by atoms with Gasteiger partial charge in [0.15, 0.2) is 6.54 Å². The molecule has 0 aliphatic carbocycles. The molecule has 0 bridgehead atoms. The van der Waals surface area contributed by atoms with E-state index >= 15 is 0 Å². The Kier molecular flexibility index (Phi) is 10.00. The van der Waals surface area contributed by atoms with E-state index in [4.69, 9.17) is 16.0 Å². The SMILES string of the molecule is CCN1/C(=C\C=C\c2oc3ccc(-n4ccc5ccccc54)cc3[n+]2CCCS(=O)(=O)[O-])N(CCCS(=O)(=O)[O-])c2cc(C(F)(F)F)c(Cl)cc21. The van der Waals surface area contributed by atoms with Crippen LogP contribution in [0.1, 0.15) is 31.2 Å². The van der Waals surface area contributed by atoms with Crippen LogP contribution in [0.3, 0.4) is 0 Å². The monoisotopic (exact) mass is 763 g/mol. The Hall–Kier alpha value is -4.35. The quantitative estimate of drug-likeness (QED) is 0.104. The van der Waals surface area contributed by atoms with Crippen molar-refractivity contribution in [1.82, 2.24) is 4.57 Å². The molecular weight excluding hydrogens is 733 g/mol. The number of aromatic nitrogens is 2. The number of hydrogen-bond donors (Lipinski definition) is 0. The summed E-state index contributed by atoms with van der Waals surface area (Å²) in [5.41, 5.74) is 2.32. The van der Waals surface area contributed by atoms with Crippen LogP contribution in [0.2, 0.25) is 5.02 Å². The number of fused-ring (bicyclic) bond motifs is 3. The molecule has 0 saturated heterocycles. The Bertz CT molecular complexity index is 2410. The van der Waals surface area contributed by atoms with Gasteiger partial charge in [0.1, 0.15) is 5.82 Å². The lowest BCUT2D eigenvalue weighted by Gasteiger charge is -2.24. The minimum absolute atomic E-state index is 0.00135. The largest absolute Gasteiger partial charge is 0.748 e. The van der Waals surface area contributed by atoms with E-state index in [1.54, 1.807) is 40.7 Å². The van der Waals surface area contributed by atoms with Crippen molar-refractivity contribution < 1.29 is 48.1 Å². The summed E-state index contributed by atoms with van der Waals surface area (Å²) in [6.07, 6.45) is 1.80. The van der Waals surface area contributed by atoms with E-state index < -0.39 is 48.5 Å². The van der Waals surface area contributed by atoms with E-state index in [9.17, 15) is 39.1 Å². The molecule has 2 aromatic heterocycles. The number of alkyl halides is 3. The molecule has 0 atom stereocenters. The van der Waals surface area contributed by atoms with Gasteiger partial charge < -0.3 is 27.9 Å². The third-order valence-electron chi connectivity index (χ3n) is 8.45. The van der Waals surface area contributed by atoms with Crippen molar-refractivity contribution in [2.45, 2.75) is 32.5 Å². The van der Waals surface area contributed by atoms with Gasteiger partial charge in [-0.25, -0.2) is 16.8 Å². The summed E-state index contributed by atoms with van der Waals surface area (Å²) in [6, 6.07) is 17.4. The highest BCUT2D eigenvalue weighted by Gasteiger charge is 2.38. The summed E-state index contributed by atoms with van der Waals surface area (Å²) in [6.45, 7) is 2.10. The molecule has 17 heteroatoms. The van der Waals surface area contributed by atoms with Crippen LogP contribution in [-0.4, -0.2) is 55.1 Å². The first-order chi connectivity index (χ1) is 24.0. The predicted octanol–water partition coefficient (Wildman–Crippen LogP) is 6.41. The number of hydrogen-bond acceptors (Lipinski definition) is 9. The summed E-state index contributed by atoms with van der Waals surface area (Å²) in [4.78, 5) is 3.20. The molecule has 3 heterocycles. The zero-order valence-corrected chi connectivity index (χ0v) is 29.4. The van der Waals surface area contributed by atoms with Gasteiger partial charge in [-0.3, -0.25) is 0 Å². The molecule has 1 aliphatic heterocycles. The molecule has 0 spiro atoms. The summed E-state index contributed by atoms with van der Waals surface area (Å²) in [7, 11) is -9.07. The molecule has 5 aromatic rings. The van der Waals surface area contributed by atoms with Crippen LogP contribution in [0.5, 0.6) is 0 Å². The zero-order chi connectivity index (χ0) is 36.7. The second-order valence-corrected chi connectivity index (χ2v) is 15.3. The smallest absolute Gasteiger partial charge is 0.417 e. The first kappa shape index (κ1) is 36.4. The molecule has 270 valence electrons. The maximum Gasteiger partial charge on any atom is 0.417 e. The number of benzene rings is 3. The molecule has 51 heavy (non-hydrogen) atoms. The molecule has 6 rings (SSSR count). The molecule has 0 amide bonds. The van der Waals surface area contributed by atoms with E-state index in [-0.39, 0.29) is 31.6 Å². The maximum atomic E-state index is 13.8. The van der Waals surface area contributed by atoms with Gasteiger partial charge in [-0.1, -0.05) is 29.8 Å². The molecule has 0 N–H and O–H groups in total. The van der Waals surface area contributed by atoms with Gasteiger partial charge in [0, 0.05) is 43.3 Å². The second kappa shape index (κ2) is 14.0. The van der Waals surface area contributed by atoms with Gasteiger partial charge in [-0.2, -0.15) is 17.7 Å². The highest BCUT2D eigenvalue weighted by atomic mass is 35.5. The van der Waals surface area contributed by atoms with Crippen LogP contribution in [0.25, 0.3) is 33.8 Å². The Morgan fingerprint density at radius 2 is 1.63 bits per heavy atom. The third kappa shape index (κ3) is 7.94. The van der Waals surface area contributed by atoms with E-state index in [1.807, 2.05) is 53.2 Å². The predicted molar refractivity (Wildman–Crippen MR) is 186 cm³/mol. The highest BCUT2D eigenvalue weighted by molar-refractivity contribution is 7.85. The highest BCUT2D eigenvalue weighted by Crippen LogP contribution is 2.47. The second-order valence-electron chi connectivity index (χ2n) is 11.8. The average Bonchev–Trinajstić information content (AvgIpc) is 3.70. The summed E-state index contributed by atoms with van der Waals surface area (Å²) in [5.74, 6) is -0.622. The fraction of sp³-hybridized carbons (Fsp3) is 0.265. The van der Waals surface area contributed by atoms with E-state index in [0.29, 0.717) is 35.0 Å². The summed E-state index contributed by atoms with van der Waals surface area (Å²) >= 11 is 6.06. The Balaban J connectivity index is 1.41. The normalized spacial score (nSPS) is 14.9. The molecule has 0 radical (unpaired) electrons. The number of halogens is 4. The van der Waals surface area contributed by atoms with Gasteiger partial charge in [0.25, 0.3) is 5.52 Å². The molecule has 0 fully saturated rings. The summed E-state index contributed by atoms with van der Waals surface area (Å²) < 4.78 is 120. The number of para-hydroxylation sites is 1. The molecule has 3 aromatic carbocycles. The lowest BCUT2D eigenvalue weighted by molar-refractivity contribution is -0.677. The number of nitrogens with zero attached hydrogens (tertiary/aromatic N) is 4. The minimum Gasteiger partial charge on any atom is -0.748 e. The minimum atomic E-state index is -4.76. The van der Waals surface area contributed by atoms with Gasteiger partial charge in [-0.05, 0) is 67.3 Å². The van der Waals surface area contributed by atoms with Crippen LogP contribution < -0.4 is 14.4 Å². The number of oxazole rings is 1. The number of rotatable bonds is 12. The maximum absolute atomic E-state index is 13.8. The van der Waals surface area contributed by atoms with Crippen molar-refractivity contribution >= 4 is 71.3 Å². The standard InChI is InChI=1S/C34H32ClF3N4O7S2/c1-2-39-29-22-26(35)25(34(36,37)38)21-28(29)41(15-6-18-50(43,44)45)32(39)10-5-11-33-42(16-7-19-51(46,47)48)30-20-24(12-13-31(30)49-33)40-17-14-23-8-3-4-9-27(23)40/h3-5,8-14,17,20-22H,2,6-7,15-16,18-19H2,1H3,(H-,43,44,45,46,47,48)/p-1. The van der Waals surface area contributed by atoms with Crippen LogP contribution in [0.4, 0.5) is 24.5 Å². The first-order valence-corrected chi connectivity index (χ1v) is 19.3. The van der Waals surface area contributed by atoms with Crippen molar-refractivity contribution in [3.05, 3.63) is 101 Å². The lowest BCUT2D eigenvalue weighted by Crippen LogP contribution is -2.36. The fourth-order valence-corrected chi connectivity index (χ4v) is 7.49. The number of allylic oxidation sites excluding steroid dienone is 2. The molecular formula is C34H31ClF3N4O7S2-.